The zero-order valence-electron chi connectivity index (χ0n) is 6.90. The Morgan fingerprint density at radius 3 is 2.13 bits per heavy atom. The summed E-state index contributed by atoms with van der Waals surface area (Å²) in [4.78, 5) is 0. The molecule has 0 radical (unpaired) electrons. The predicted octanol–water partition coefficient (Wildman–Crippen LogP) is 6.80. The van der Waals surface area contributed by atoms with Gasteiger partial charge in [-0.15, -0.1) is 7.92 Å². The van der Waals surface area contributed by atoms with Crippen molar-refractivity contribution in [2.75, 3.05) is 0 Å². The average molecular weight is 389 g/mol. The SMILES string of the molecule is CC#N.ClN1P(Cl)N=P(Cl)(Cl)N(Cl)P1Cl. The number of hydrogen-bond acceptors (Lipinski definition) is 4. The zero-order chi connectivity index (χ0) is 12.2. The summed E-state index contributed by atoms with van der Waals surface area (Å²) in [7, 11) is -2.94. The van der Waals surface area contributed by atoms with Crippen molar-refractivity contribution in [3.05, 3.63) is 0 Å². The molecule has 0 spiro atoms. The first-order valence-electron chi connectivity index (χ1n) is 2.94. The number of halogens is 6. The Hall–Kier alpha value is 2.24. The molecule has 0 aromatic rings. The van der Waals surface area contributed by atoms with Gasteiger partial charge in [0.1, 0.15) is 0 Å². The highest BCUT2D eigenvalue weighted by molar-refractivity contribution is 8.18. The Balaban J connectivity index is 0.000000583. The molecule has 2 atom stereocenters. The van der Waals surface area contributed by atoms with Crippen LogP contribution < -0.4 is 0 Å². The van der Waals surface area contributed by atoms with Gasteiger partial charge in [0, 0.05) is 6.92 Å². The van der Waals surface area contributed by atoms with Crippen molar-refractivity contribution in [1.29, 1.82) is 5.26 Å². The minimum atomic E-state index is -2.74. The maximum atomic E-state index is 7.32. The summed E-state index contributed by atoms with van der Waals surface area (Å²) in [5.41, 5.74) is 0. The van der Waals surface area contributed by atoms with E-state index in [1.165, 1.54) is 6.92 Å². The maximum Gasteiger partial charge on any atom is 0.231 e. The molecular formula is C2H3Cl6N4P3. The molecule has 0 saturated heterocycles. The Bertz CT molecular complexity index is 299. The summed E-state index contributed by atoms with van der Waals surface area (Å²) in [6.07, 6.45) is 0. The minimum Gasteiger partial charge on any atom is -0.201 e. The highest BCUT2D eigenvalue weighted by Gasteiger charge is 2.41. The van der Waals surface area contributed by atoms with Crippen molar-refractivity contribution in [2.24, 2.45) is 4.52 Å². The van der Waals surface area contributed by atoms with E-state index in [2.05, 4.69) is 4.52 Å². The standard InChI is InChI=1S/C2H3N.Cl6N3P3/c1-2-3;1-8-10(3)7-12(5,6)9(2)11(8)4/h1H3;. The number of nitrogens with zero attached hydrogens (tertiary/aromatic N) is 4. The molecule has 88 valence electrons. The normalized spacial score (nSPS) is 30.8. The minimum absolute atomic E-state index is 1.03. The van der Waals surface area contributed by atoms with Gasteiger partial charge >= 0.3 is 0 Å². The largest absolute Gasteiger partial charge is 0.231 e. The lowest BCUT2D eigenvalue weighted by Crippen LogP contribution is -2.05. The first-order valence-corrected chi connectivity index (χ1v) is 11.4. The van der Waals surface area contributed by atoms with Crippen LogP contribution in [0.5, 0.6) is 0 Å². The molecule has 0 saturated carbocycles. The smallest absolute Gasteiger partial charge is 0.201 e. The first kappa shape index (κ1) is 17.2. The van der Waals surface area contributed by atoms with Crippen molar-refractivity contribution in [3.8, 4) is 6.07 Å². The summed E-state index contributed by atoms with van der Waals surface area (Å²) in [5, 5.41) is 7.32. The molecule has 0 bridgehead atoms. The van der Waals surface area contributed by atoms with E-state index in [4.69, 9.17) is 73.8 Å². The van der Waals surface area contributed by atoms with Gasteiger partial charge in [0.15, 0.2) is 7.58 Å². The van der Waals surface area contributed by atoms with Crippen LogP contribution >= 0.6 is 89.6 Å². The van der Waals surface area contributed by atoms with E-state index in [1.807, 2.05) is 0 Å². The van der Waals surface area contributed by atoms with Crippen LogP contribution in [-0.4, -0.2) is 7.92 Å². The lowest BCUT2D eigenvalue weighted by molar-refractivity contribution is 1.06. The van der Waals surface area contributed by atoms with Crippen LogP contribution in [0.15, 0.2) is 4.52 Å². The Kier molecular flexibility index (Phi) is 8.76. The lowest BCUT2D eigenvalue weighted by atomic mass is 11.0. The highest BCUT2D eigenvalue weighted by atomic mass is 35.9. The fraction of sp³-hybridized carbons (Fsp3) is 0.500. The summed E-state index contributed by atoms with van der Waals surface area (Å²) in [6, 6.07) is 1.75. The van der Waals surface area contributed by atoms with E-state index in [-0.39, 0.29) is 0 Å². The molecule has 0 aliphatic carbocycles. The van der Waals surface area contributed by atoms with Crippen LogP contribution in [0.1, 0.15) is 6.92 Å². The van der Waals surface area contributed by atoms with Gasteiger partial charge in [-0.05, 0) is 57.3 Å². The van der Waals surface area contributed by atoms with Gasteiger partial charge in [-0.1, -0.05) is 11.2 Å². The van der Waals surface area contributed by atoms with E-state index in [9.17, 15) is 0 Å². The fourth-order valence-corrected chi connectivity index (χ4v) is 12.4. The second-order valence-corrected chi connectivity index (χ2v) is 13.3. The average Bonchev–Trinajstić information content (AvgIpc) is 2.13. The molecule has 1 aliphatic rings. The van der Waals surface area contributed by atoms with E-state index >= 15 is 0 Å². The van der Waals surface area contributed by atoms with Gasteiger partial charge < -0.3 is 0 Å². The van der Waals surface area contributed by atoms with Gasteiger partial charge in [-0.2, -0.15) is 5.26 Å². The monoisotopic (exact) mass is 386 g/mol. The molecule has 1 aliphatic heterocycles. The summed E-state index contributed by atoms with van der Waals surface area (Å²) < 4.78 is 5.98. The van der Waals surface area contributed by atoms with Crippen molar-refractivity contribution in [3.63, 3.8) is 0 Å². The quantitative estimate of drug-likeness (QED) is 0.338. The fourth-order valence-electron chi connectivity index (χ4n) is 0.365. The van der Waals surface area contributed by atoms with E-state index < -0.39 is 21.1 Å². The zero-order valence-corrected chi connectivity index (χ0v) is 14.1. The van der Waals surface area contributed by atoms with Crippen LogP contribution in [0.4, 0.5) is 0 Å². The molecule has 1 heterocycles. The lowest BCUT2D eigenvalue weighted by Gasteiger charge is -2.33. The number of nitriles is 1. The molecule has 0 aromatic heterocycles. The highest BCUT2D eigenvalue weighted by Crippen LogP contribution is 2.85. The third kappa shape index (κ3) is 5.17. The molecule has 13 heteroatoms. The first-order chi connectivity index (χ1) is 6.77. The Morgan fingerprint density at radius 2 is 1.73 bits per heavy atom. The molecule has 15 heavy (non-hydrogen) atoms. The number of hydrogen-bond donors (Lipinski definition) is 0. The molecule has 2 unspecified atom stereocenters. The topological polar surface area (TPSA) is 42.6 Å². The van der Waals surface area contributed by atoms with Crippen molar-refractivity contribution >= 4 is 89.6 Å². The van der Waals surface area contributed by atoms with Gasteiger partial charge in [0.2, 0.25) is 13.5 Å². The summed E-state index contributed by atoms with van der Waals surface area (Å²) in [5.74, 6) is -2.74. The van der Waals surface area contributed by atoms with Crippen LogP contribution in [0.25, 0.3) is 0 Å². The van der Waals surface area contributed by atoms with E-state index in [1.54, 1.807) is 6.07 Å². The van der Waals surface area contributed by atoms with Crippen molar-refractivity contribution < 1.29 is 0 Å². The van der Waals surface area contributed by atoms with Gasteiger partial charge in [0.05, 0.1) is 6.07 Å². The van der Waals surface area contributed by atoms with Gasteiger partial charge in [-0.3, -0.25) is 0 Å². The summed E-state index contributed by atoms with van der Waals surface area (Å²) >= 11 is 34.3. The van der Waals surface area contributed by atoms with Gasteiger partial charge in [-0.25, -0.2) is 4.52 Å². The number of rotatable bonds is 0. The van der Waals surface area contributed by atoms with Crippen LogP contribution in [0.3, 0.4) is 0 Å². The van der Waals surface area contributed by atoms with Gasteiger partial charge in [0.25, 0.3) is 0 Å². The van der Waals surface area contributed by atoms with Crippen molar-refractivity contribution in [2.45, 2.75) is 6.92 Å². The third-order valence-corrected chi connectivity index (χ3v) is 14.5. The molecule has 0 aromatic carbocycles. The van der Waals surface area contributed by atoms with E-state index in [0.717, 1.165) is 7.92 Å². The van der Waals surface area contributed by atoms with Crippen LogP contribution in [-0.2, 0) is 0 Å². The predicted molar refractivity (Wildman–Crippen MR) is 73.3 cm³/mol. The molecule has 0 fully saturated rings. The van der Waals surface area contributed by atoms with Crippen LogP contribution in [0, 0.1) is 11.3 Å². The molecular weight excluding hydrogens is 386 g/mol. The summed E-state index contributed by atoms with van der Waals surface area (Å²) in [6.45, 7) is 1.43. The Labute approximate surface area is 119 Å². The second-order valence-electron chi connectivity index (χ2n) is 1.73. The third-order valence-electron chi connectivity index (χ3n) is 0.789. The molecule has 0 amide bonds. The Morgan fingerprint density at radius 1 is 1.33 bits per heavy atom. The molecule has 1 rings (SSSR count). The maximum absolute atomic E-state index is 7.32. The van der Waals surface area contributed by atoms with Crippen molar-refractivity contribution in [1.82, 2.24) is 7.92 Å². The van der Waals surface area contributed by atoms with E-state index in [0.29, 0.717) is 0 Å². The molecule has 4 nitrogen and oxygen atoms in total. The second kappa shape index (κ2) is 7.63. The van der Waals surface area contributed by atoms with Crippen LogP contribution in [0.2, 0.25) is 0 Å². The molecule has 0 N–H and O–H groups in total.